The molecule has 2 aromatic rings. The number of aliphatic carboxylic acids is 1. The molecule has 2 rings (SSSR count). The number of hydrogen-bond acceptors (Lipinski definition) is 2. The topological polar surface area (TPSA) is 66.4 Å². The van der Waals surface area contributed by atoms with Gasteiger partial charge in [0, 0.05) is 12.1 Å². The molecule has 4 heteroatoms. The van der Waals surface area contributed by atoms with E-state index in [4.69, 9.17) is 0 Å². The zero-order chi connectivity index (χ0) is 15.9. The number of benzene rings is 2. The van der Waals surface area contributed by atoms with Crippen molar-refractivity contribution >= 4 is 17.6 Å². The number of anilines is 1. The molecule has 0 aliphatic rings. The summed E-state index contributed by atoms with van der Waals surface area (Å²) < 4.78 is 0. The molecule has 0 aromatic heterocycles. The van der Waals surface area contributed by atoms with Crippen LogP contribution in [0.3, 0.4) is 0 Å². The number of carbonyl (C=O) groups excluding carboxylic acids is 1. The van der Waals surface area contributed by atoms with Crippen LogP contribution in [0, 0.1) is 5.92 Å². The van der Waals surface area contributed by atoms with Crippen LogP contribution < -0.4 is 5.32 Å². The van der Waals surface area contributed by atoms with Crippen molar-refractivity contribution in [2.75, 3.05) is 5.32 Å². The second kappa shape index (κ2) is 7.41. The molecular formula is C18H19NO3. The average molecular weight is 297 g/mol. The molecule has 22 heavy (non-hydrogen) atoms. The van der Waals surface area contributed by atoms with Gasteiger partial charge in [0.2, 0.25) is 5.91 Å². The van der Waals surface area contributed by atoms with E-state index in [-0.39, 0.29) is 18.2 Å². The summed E-state index contributed by atoms with van der Waals surface area (Å²) in [7, 11) is 0. The quantitative estimate of drug-likeness (QED) is 0.857. The smallest absolute Gasteiger partial charge is 0.307 e. The standard InChI is InChI=1S/C18H19NO3/c1-13(14-8-4-2-5-9-14)16(18(21)22)12-17(20)19-15-10-6-3-7-11-15/h2-11,13,16H,12H2,1H3,(H,19,20)(H,21,22)/t13-,16+/m1/s1. The van der Waals surface area contributed by atoms with Crippen LogP contribution in [0.4, 0.5) is 5.69 Å². The lowest BCUT2D eigenvalue weighted by atomic mass is 9.85. The molecule has 0 saturated heterocycles. The third-order valence-electron chi connectivity index (χ3n) is 3.71. The van der Waals surface area contributed by atoms with Gasteiger partial charge in [0.25, 0.3) is 0 Å². The third-order valence-corrected chi connectivity index (χ3v) is 3.71. The lowest BCUT2D eigenvalue weighted by Crippen LogP contribution is -2.26. The molecule has 0 spiro atoms. The van der Waals surface area contributed by atoms with E-state index in [2.05, 4.69) is 5.32 Å². The highest BCUT2D eigenvalue weighted by Crippen LogP contribution is 2.27. The second-order valence-corrected chi connectivity index (χ2v) is 5.26. The predicted octanol–water partition coefficient (Wildman–Crippen LogP) is 3.52. The van der Waals surface area contributed by atoms with E-state index in [9.17, 15) is 14.7 Å². The molecule has 0 aliphatic carbocycles. The third kappa shape index (κ3) is 4.19. The van der Waals surface area contributed by atoms with Crippen LogP contribution in [0.1, 0.15) is 24.8 Å². The maximum atomic E-state index is 12.1. The van der Waals surface area contributed by atoms with Crippen molar-refractivity contribution in [3.8, 4) is 0 Å². The molecule has 0 radical (unpaired) electrons. The highest BCUT2D eigenvalue weighted by atomic mass is 16.4. The summed E-state index contributed by atoms with van der Waals surface area (Å²) >= 11 is 0. The fourth-order valence-electron chi connectivity index (χ4n) is 2.40. The summed E-state index contributed by atoms with van der Waals surface area (Å²) in [5, 5.41) is 12.2. The van der Waals surface area contributed by atoms with Gasteiger partial charge in [-0.25, -0.2) is 0 Å². The summed E-state index contributed by atoms with van der Waals surface area (Å²) in [6.07, 6.45) is -0.0553. The van der Waals surface area contributed by atoms with Crippen molar-refractivity contribution < 1.29 is 14.7 Å². The van der Waals surface area contributed by atoms with Crippen molar-refractivity contribution in [2.45, 2.75) is 19.3 Å². The van der Waals surface area contributed by atoms with Gasteiger partial charge in [0.1, 0.15) is 0 Å². The van der Waals surface area contributed by atoms with Crippen LogP contribution in [-0.4, -0.2) is 17.0 Å². The number of nitrogens with one attached hydrogen (secondary N) is 1. The summed E-state index contributed by atoms with van der Waals surface area (Å²) in [6, 6.07) is 18.4. The summed E-state index contributed by atoms with van der Waals surface area (Å²) in [4.78, 5) is 23.6. The Morgan fingerprint density at radius 3 is 2.09 bits per heavy atom. The van der Waals surface area contributed by atoms with Crippen molar-refractivity contribution in [3.05, 3.63) is 66.2 Å². The van der Waals surface area contributed by atoms with E-state index >= 15 is 0 Å². The normalized spacial score (nSPS) is 13.1. The van der Waals surface area contributed by atoms with E-state index < -0.39 is 11.9 Å². The average Bonchev–Trinajstić information content (AvgIpc) is 2.53. The Morgan fingerprint density at radius 1 is 1.00 bits per heavy atom. The van der Waals surface area contributed by atoms with E-state index in [0.29, 0.717) is 5.69 Å². The van der Waals surface area contributed by atoms with E-state index in [1.165, 1.54) is 0 Å². The lowest BCUT2D eigenvalue weighted by molar-refractivity contribution is -0.144. The number of rotatable bonds is 6. The molecule has 2 aromatic carbocycles. The molecular weight excluding hydrogens is 278 g/mol. The molecule has 2 N–H and O–H groups in total. The zero-order valence-corrected chi connectivity index (χ0v) is 12.4. The molecule has 0 heterocycles. The van der Waals surface area contributed by atoms with Gasteiger partial charge < -0.3 is 10.4 Å². The molecule has 0 fully saturated rings. The van der Waals surface area contributed by atoms with Crippen molar-refractivity contribution in [1.82, 2.24) is 0 Å². The largest absolute Gasteiger partial charge is 0.481 e. The van der Waals surface area contributed by atoms with Gasteiger partial charge in [-0.1, -0.05) is 55.5 Å². The van der Waals surface area contributed by atoms with Gasteiger partial charge >= 0.3 is 5.97 Å². The molecule has 0 saturated carbocycles. The maximum absolute atomic E-state index is 12.1. The molecule has 114 valence electrons. The predicted molar refractivity (Wildman–Crippen MR) is 85.7 cm³/mol. The van der Waals surface area contributed by atoms with Crippen molar-refractivity contribution in [1.29, 1.82) is 0 Å². The number of hydrogen-bond donors (Lipinski definition) is 2. The Morgan fingerprint density at radius 2 is 1.55 bits per heavy atom. The molecule has 0 bridgehead atoms. The Kier molecular flexibility index (Phi) is 5.31. The van der Waals surface area contributed by atoms with Crippen LogP contribution in [0.25, 0.3) is 0 Å². The zero-order valence-electron chi connectivity index (χ0n) is 12.4. The Balaban J connectivity index is 2.06. The fraction of sp³-hybridized carbons (Fsp3) is 0.222. The molecule has 4 nitrogen and oxygen atoms in total. The van der Waals surface area contributed by atoms with Gasteiger partial charge in [-0.05, 0) is 23.6 Å². The number of amides is 1. The van der Waals surface area contributed by atoms with Crippen molar-refractivity contribution in [3.63, 3.8) is 0 Å². The lowest BCUT2D eigenvalue weighted by Gasteiger charge is -2.20. The van der Waals surface area contributed by atoms with Gasteiger partial charge in [-0.3, -0.25) is 9.59 Å². The Labute approximate surface area is 129 Å². The van der Waals surface area contributed by atoms with E-state index in [0.717, 1.165) is 5.56 Å². The molecule has 0 unspecified atom stereocenters. The summed E-state index contributed by atoms with van der Waals surface area (Å²) in [5.41, 5.74) is 1.59. The van der Waals surface area contributed by atoms with E-state index in [1.54, 1.807) is 12.1 Å². The number of carboxylic acids is 1. The van der Waals surface area contributed by atoms with Crippen LogP contribution in [0.15, 0.2) is 60.7 Å². The minimum absolute atomic E-state index is 0.0553. The number of carbonyl (C=O) groups is 2. The van der Waals surface area contributed by atoms with E-state index in [1.807, 2.05) is 55.5 Å². The van der Waals surface area contributed by atoms with Crippen molar-refractivity contribution in [2.24, 2.45) is 5.92 Å². The number of para-hydroxylation sites is 1. The first kappa shape index (κ1) is 15.8. The van der Waals surface area contributed by atoms with Gasteiger partial charge in [-0.15, -0.1) is 0 Å². The summed E-state index contributed by atoms with van der Waals surface area (Å²) in [6.45, 7) is 1.84. The Bertz CT molecular complexity index is 625. The molecule has 0 aliphatic heterocycles. The SMILES string of the molecule is C[C@H](c1ccccc1)[C@H](CC(=O)Nc1ccccc1)C(=O)O. The Hall–Kier alpha value is -2.62. The van der Waals surface area contributed by atoms with Crippen LogP contribution in [-0.2, 0) is 9.59 Å². The van der Waals surface area contributed by atoms with Crippen LogP contribution in [0.2, 0.25) is 0 Å². The van der Waals surface area contributed by atoms with Gasteiger partial charge in [0.05, 0.1) is 5.92 Å². The minimum atomic E-state index is -0.959. The first-order chi connectivity index (χ1) is 10.6. The van der Waals surface area contributed by atoms with Gasteiger partial charge in [-0.2, -0.15) is 0 Å². The highest BCUT2D eigenvalue weighted by molar-refractivity contribution is 5.93. The summed E-state index contributed by atoms with van der Waals surface area (Å²) in [5.74, 6) is -2.24. The highest BCUT2D eigenvalue weighted by Gasteiger charge is 2.28. The monoisotopic (exact) mass is 297 g/mol. The van der Waals surface area contributed by atoms with Gasteiger partial charge in [0.15, 0.2) is 0 Å². The minimum Gasteiger partial charge on any atom is -0.481 e. The first-order valence-electron chi connectivity index (χ1n) is 7.20. The second-order valence-electron chi connectivity index (χ2n) is 5.26. The van der Waals surface area contributed by atoms with Crippen LogP contribution in [0.5, 0.6) is 0 Å². The molecule has 1 amide bonds. The first-order valence-corrected chi connectivity index (χ1v) is 7.20. The fourth-order valence-corrected chi connectivity index (χ4v) is 2.40. The molecule has 2 atom stereocenters. The number of carboxylic acid groups (broad SMARTS) is 1. The van der Waals surface area contributed by atoms with Crippen LogP contribution >= 0.6 is 0 Å². The maximum Gasteiger partial charge on any atom is 0.307 e.